The van der Waals surface area contributed by atoms with E-state index in [0.29, 0.717) is 24.9 Å². The van der Waals surface area contributed by atoms with Crippen molar-refractivity contribution in [2.75, 3.05) is 13.2 Å². The maximum Gasteiger partial charge on any atom is 0.308 e. The first-order chi connectivity index (χ1) is 33.2. The highest BCUT2D eigenvalue weighted by molar-refractivity contribution is 5.94. The van der Waals surface area contributed by atoms with Gasteiger partial charge in [-0.15, -0.1) is 0 Å². The lowest BCUT2D eigenvalue weighted by Crippen LogP contribution is -2.66. The van der Waals surface area contributed by atoms with Gasteiger partial charge in [-0.2, -0.15) is 0 Å². The largest absolute Gasteiger partial charge is 0.461 e. The number of aliphatic hydroxyl groups is 2. The molecule has 0 bridgehead atoms. The summed E-state index contributed by atoms with van der Waals surface area (Å²) < 4.78 is 29.4. The topological polar surface area (TPSA) is 196 Å². The number of unbranched alkanes of at least 4 members (excludes halogenated alkanes) is 14. The van der Waals surface area contributed by atoms with E-state index in [0.717, 1.165) is 62.5 Å². The van der Waals surface area contributed by atoms with Gasteiger partial charge in [0, 0.05) is 24.9 Å². The molecular weight excluding hydrogens is 869 g/mol. The zero-order chi connectivity index (χ0) is 48.6. The van der Waals surface area contributed by atoms with Crippen LogP contribution in [0.5, 0.6) is 0 Å². The van der Waals surface area contributed by atoms with Crippen molar-refractivity contribution >= 4 is 29.7 Å². The van der Waals surface area contributed by atoms with Crippen LogP contribution in [-0.4, -0.2) is 89.8 Å². The highest BCUT2D eigenvalue weighted by atomic mass is 16.7. The summed E-state index contributed by atoms with van der Waals surface area (Å²) in [6.45, 7) is 2.01. The number of amides is 2. The molecule has 0 radical (unpaired) electrons. The summed E-state index contributed by atoms with van der Waals surface area (Å²) in [6, 6.07) is 25.9. The molecule has 5 atom stereocenters. The average Bonchev–Trinajstić information content (AvgIpc) is 3.35. The van der Waals surface area contributed by atoms with Crippen LogP contribution >= 0.6 is 0 Å². The number of nitrogens with one attached hydrogen (secondary N) is 2. The number of carbonyl (C=O) groups is 5. The van der Waals surface area contributed by atoms with Crippen LogP contribution in [0.3, 0.4) is 0 Å². The molecule has 68 heavy (non-hydrogen) atoms. The molecule has 1 fully saturated rings. The monoisotopic (exact) mass is 945 g/mol. The summed E-state index contributed by atoms with van der Waals surface area (Å²) in [5.74, 6) is -2.50. The van der Waals surface area contributed by atoms with Crippen molar-refractivity contribution in [3.05, 3.63) is 108 Å². The molecule has 0 aromatic heterocycles. The Morgan fingerprint density at radius 1 is 0.618 bits per heavy atom. The first-order valence-corrected chi connectivity index (χ1v) is 25.0. The molecule has 4 N–H and O–H groups in total. The number of carbonyl (C=O) groups excluding carboxylic acids is 5. The second kappa shape index (κ2) is 33.4. The minimum Gasteiger partial charge on any atom is -0.461 e. The molecule has 2 amide bonds. The van der Waals surface area contributed by atoms with E-state index < -0.39 is 80.0 Å². The lowest BCUT2D eigenvalue weighted by Gasteiger charge is -2.44. The molecule has 1 heterocycles. The Kier molecular flexibility index (Phi) is 27.2. The van der Waals surface area contributed by atoms with E-state index in [2.05, 4.69) is 17.6 Å². The van der Waals surface area contributed by atoms with E-state index in [9.17, 15) is 34.2 Å². The van der Waals surface area contributed by atoms with E-state index in [1.165, 1.54) is 38.5 Å². The van der Waals surface area contributed by atoms with E-state index >= 15 is 0 Å². The fourth-order valence-electron chi connectivity index (χ4n) is 8.04. The minimum atomic E-state index is -1.56. The second-order valence-electron chi connectivity index (χ2n) is 17.6. The Morgan fingerprint density at radius 2 is 1.10 bits per heavy atom. The molecule has 0 aliphatic carbocycles. The summed E-state index contributed by atoms with van der Waals surface area (Å²) in [6.07, 6.45) is 8.20. The predicted molar refractivity (Wildman–Crippen MR) is 258 cm³/mol. The molecule has 4 rings (SSSR count). The van der Waals surface area contributed by atoms with Crippen LogP contribution in [0.1, 0.15) is 157 Å². The maximum atomic E-state index is 13.7. The fourth-order valence-corrected chi connectivity index (χ4v) is 8.04. The molecule has 14 nitrogen and oxygen atoms in total. The predicted octanol–water partition coefficient (Wildman–Crippen LogP) is 8.59. The quantitative estimate of drug-likeness (QED) is 0.0253. The minimum absolute atomic E-state index is 0.0236. The summed E-state index contributed by atoms with van der Waals surface area (Å²) in [7, 11) is 0. The van der Waals surface area contributed by atoms with Gasteiger partial charge >= 0.3 is 17.9 Å². The lowest BCUT2D eigenvalue weighted by molar-refractivity contribution is -0.285. The van der Waals surface area contributed by atoms with Gasteiger partial charge < -0.3 is 44.5 Å². The molecule has 374 valence electrons. The van der Waals surface area contributed by atoms with E-state index in [-0.39, 0.29) is 32.0 Å². The summed E-state index contributed by atoms with van der Waals surface area (Å²) >= 11 is 0. The van der Waals surface area contributed by atoms with Gasteiger partial charge in [0.1, 0.15) is 31.5 Å². The average molecular weight is 945 g/mol. The van der Waals surface area contributed by atoms with Crippen LogP contribution in [-0.2, 0) is 56.1 Å². The van der Waals surface area contributed by atoms with E-state index in [1.54, 1.807) is 36.4 Å². The number of ether oxygens (including phenoxy) is 5. The van der Waals surface area contributed by atoms with Crippen molar-refractivity contribution in [1.82, 2.24) is 10.6 Å². The van der Waals surface area contributed by atoms with Crippen molar-refractivity contribution in [1.29, 1.82) is 0 Å². The highest BCUT2D eigenvalue weighted by Gasteiger charge is 2.49. The number of rotatable bonds is 34. The second-order valence-corrected chi connectivity index (χ2v) is 17.6. The molecule has 14 heteroatoms. The van der Waals surface area contributed by atoms with Gasteiger partial charge in [-0.05, 0) is 42.5 Å². The van der Waals surface area contributed by atoms with Gasteiger partial charge in [0.15, 0.2) is 12.4 Å². The van der Waals surface area contributed by atoms with E-state index in [1.807, 2.05) is 54.6 Å². The summed E-state index contributed by atoms with van der Waals surface area (Å²) in [4.78, 5) is 66.1. The first-order valence-electron chi connectivity index (χ1n) is 25.0. The third-order valence-corrected chi connectivity index (χ3v) is 11.9. The molecular formula is C54H76N2O12. The SMILES string of the molecule is CCCCCCCCCCCCCC(=O)O[C@H]1[C@H](O)[C@@H](CO)O[C@H](OC(CC(=O)OCc2ccccc2)CC(=O)OCc2ccccc2)[C@@H]1NC(=O)CCCCCCCNC(=O)c1ccccc1. The van der Waals surface area contributed by atoms with Crippen molar-refractivity contribution in [3.8, 4) is 0 Å². The van der Waals surface area contributed by atoms with Gasteiger partial charge in [-0.1, -0.05) is 169 Å². The van der Waals surface area contributed by atoms with Crippen LogP contribution < -0.4 is 10.6 Å². The highest BCUT2D eigenvalue weighted by Crippen LogP contribution is 2.28. The Bertz CT molecular complexity index is 1810. The molecule has 0 spiro atoms. The zero-order valence-electron chi connectivity index (χ0n) is 40.1. The lowest BCUT2D eigenvalue weighted by atomic mass is 9.96. The molecule has 1 aliphatic heterocycles. The van der Waals surface area contributed by atoms with Crippen molar-refractivity contribution in [2.24, 2.45) is 0 Å². The molecule has 1 saturated heterocycles. The van der Waals surface area contributed by atoms with Gasteiger partial charge in [0.05, 0.1) is 25.6 Å². The van der Waals surface area contributed by atoms with Crippen molar-refractivity contribution < 1.29 is 57.9 Å². The molecule has 3 aromatic carbocycles. The molecule has 0 saturated carbocycles. The molecule has 3 aromatic rings. The third-order valence-electron chi connectivity index (χ3n) is 11.9. The summed E-state index contributed by atoms with van der Waals surface area (Å²) in [5, 5.41) is 27.6. The normalized spacial score (nSPS) is 17.9. The van der Waals surface area contributed by atoms with Gasteiger partial charge in [-0.25, -0.2) is 0 Å². The Morgan fingerprint density at radius 3 is 1.63 bits per heavy atom. The Hall–Kier alpha value is -5.15. The van der Waals surface area contributed by atoms with Crippen LogP contribution in [0.25, 0.3) is 0 Å². The fraction of sp³-hybridized carbons (Fsp3) is 0.574. The number of hydrogen-bond donors (Lipinski definition) is 4. The van der Waals surface area contributed by atoms with E-state index in [4.69, 9.17) is 23.7 Å². The molecule has 1 aliphatic rings. The smallest absolute Gasteiger partial charge is 0.308 e. The first kappa shape index (κ1) is 55.4. The number of aliphatic hydroxyl groups excluding tert-OH is 2. The van der Waals surface area contributed by atoms with Gasteiger partial charge in [0.25, 0.3) is 5.91 Å². The maximum absolute atomic E-state index is 13.7. The number of hydrogen-bond acceptors (Lipinski definition) is 12. The van der Waals surface area contributed by atoms with Gasteiger partial charge in [0.2, 0.25) is 5.91 Å². The van der Waals surface area contributed by atoms with Crippen molar-refractivity contribution in [3.63, 3.8) is 0 Å². The molecule has 0 unspecified atom stereocenters. The standard InChI is InChI=1S/C54H76N2O12/c1-2-3-4-5-6-7-8-9-10-13-25-34-47(59)68-52-50(56-46(58)33-24-12-11-14-26-35-55-53(63)43-31-22-17-23-32-43)54(67-45(38-57)51(52)62)66-44(36-48(60)64-39-41-27-18-15-19-28-41)37-49(61)65-40-42-29-20-16-21-30-42/h15-23,27-32,44-45,50-52,54,57,62H,2-14,24-26,33-40H2,1H3,(H,55,63)(H,56,58)/t45-,50-,51-,52-,54+/m1/s1. The van der Waals surface area contributed by atoms with Crippen LogP contribution in [0, 0.1) is 0 Å². The number of benzene rings is 3. The summed E-state index contributed by atoms with van der Waals surface area (Å²) in [5.41, 5.74) is 2.11. The number of esters is 3. The third kappa shape index (κ3) is 22.3. The van der Waals surface area contributed by atoms with Crippen molar-refractivity contribution in [2.45, 2.75) is 185 Å². The Balaban J connectivity index is 1.41. The Labute approximate surface area is 403 Å². The van der Waals surface area contributed by atoms with Crippen LogP contribution in [0.15, 0.2) is 91.0 Å². The van der Waals surface area contributed by atoms with Crippen LogP contribution in [0.4, 0.5) is 0 Å². The van der Waals surface area contributed by atoms with Crippen LogP contribution in [0.2, 0.25) is 0 Å². The zero-order valence-corrected chi connectivity index (χ0v) is 40.1. The van der Waals surface area contributed by atoms with Gasteiger partial charge in [-0.3, -0.25) is 24.0 Å².